The van der Waals surface area contributed by atoms with E-state index in [-0.39, 0.29) is 24.3 Å². The molecule has 0 unspecified atom stereocenters. The van der Waals surface area contributed by atoms with Crippen LogP contribution < -0.4 is 0 Å². The zero-order valence-electron chi connectivity index (χ0n) is 6.80. The average Bonchev–Trinajstić information content (AvgIpc) is 2.15. The molecule has 1 aromatic heterocycles. The van der Waals surface area contributed by atoms with Gasteiger partial charge in [0, 0.05) is 12.6 Å². The molecule has 1 heterocycles. The number of carboxylic acids is 1. The van der Waals surface area contributed by atoms with Gasteiger partial charge in [0.2, 0.25) is 0 Å². The summed E-state index contributed by atoms with van der Waals surface area (Å²) in [4.78, 5) is 28.7. The van der Waals surface area contributed by atoms with E-state index in [0.717, 1.165) is 0 Å². The van der Waals surface area contributed by atoms with E-state index in [1.165, 1.54) is 18.6 Å². The maximum Gasteiger partial charge on any atom is 0.303 e. The fourth-order valence-corrected chi connectivity index (χ4v) is 0.804. The number of nitrogens with zero attached hydrogens (tertiary/aromatic N) is 2. The molecule has 0 bridgehead atoms. The van der Waals surface area contributed by atoms with Gasteiger partial charge in [0.15, 0.2) is 5.78 Å². The minimum absolute atomic E-state index is 0.0215. The topological polar surface area (TPSA) is 80.1 Å². The molecule has 0 atom stereocenters. The minimum atomic E-state index is -0.984. The van der Waals surface area contributed by atoms with E-state index in [1.807, 2.05) is 0 Å². The van der Waals surface area contributed by atoms with Crippen molar-refractivity contribution in [3.8, 4) is 0 Å². The second-order valence-corrected chi connectivity index (χ2v) is 2.41. The van der Waals surface area contributed by atoms with E-state index in [9.17, 15) is 9.59 Å². The van der Waals surface area contributed by atoms with E-state index in [4.69, 9.17) is 5.11 Å². The minimum Gasteiger partial charge on any atom is -0.481 e. The molecule has 0 spiro atoms. The number of carbonyl (C=O) groups is 2. The number of aliphatic carboxylic acids is 1. The van der Waals surface area contributed by atoms with Gasteiger partial charge in [0.1, 0.15) is 12.0 Å². The maximum atomic E-state index is 11.2. The van der Waals surface area contributed by atoms with Crippen LogP contribution in [0, 0.1) is 0 Å². The van der Waals surface area contributed by atoms with Gasteiger partial charge in [-0.25, -0.2) is 9.97 Å². The second kappa shape index (κ2) is 4.30. The van der Waals surface area contributed by atoms with Crippen LogP contribution in [0.25, 0.3) is 0 Å². The highest BCUT2D eigenvalue weighted by Crippen LogP contribution is 2.00. The molecule has 13 heavy (non-hydrogen) atoms. The Morgan fingerprint density at radius 1 is 1.38 bits per heavy atom. The van der Waals surface area contributed by atoms with Crippen molar-refractivity contribution in [3.05, 3.63) is 24.3 Å². The van der Waals surface area contributed by atoms with E-state index < -0.39 is 5.97 Å². The van der Waals surface area contributed by atoms with Gasteiger partial charge < -0.3 is 5.11 Å². The average molecular weight is 180 g/mol. The highest BCUT2D eigenvalue weighted by atomic mass is 16.4. The first-order valence-electron chi connectivity index (χ1n) is 3.71. The van der Waals surface area contributed by atoms with Crippen LogP contribution in [0.1, 0.15) is 23.3 Å². The van der Waals surface area contributed by atoms with Crippen LogP contribution >= 0.6 is 0 Å². The summed E-state index contributed by atoms with van der Waals surface area (Å²) in [7, 11) is 0. The summed E-state index contributed by atoms with van der Waals surface area (Å²) in [5.74, 6) is -1.26. The first-order valence-corrected chi connectivity index (χ1v) is 3.71. The van der Waals surface area contributed by atoms with Gasteiger partial charge in [-0.15, -0.1) is 0 Å². The molecule has 1 rings (SSSR count). The lowest BCUT2D eigenvalue weighted by Gasteiger charge is -1.95. The number of ketones is 1. The number of hydrogen-bond acceptors (Lipinski definition) is 4. The van der Waals surface area contributed by atoms with Crippen LogP contribution in [0.4, 0.5) is 0 Å². The number of rotatable bonds is 4. The van der Waals surface area contributed by atoms with Crippen molar-refractivity contribution in [2.24, 2.45) is 0 Å². The maximum absolute atomic E-state index is 11.2. The monoisotopic (exact) mass is 180 g/mol. The molecule has 0 aliphatic rings. The predicted octanol–water partition coefficient (Wildman–Crippen LogP) is 0.524. The van der Waals surface area contributed by atoms with Gasteiger partial charge in [-0.2, -0.15) is 0 Å². The summed E-state index contributed by atoms with van der Waals surface area (Å²) in [6.07, 6.45) is 2.52. The van der Waals surface area contributed by atoms with E-state index in [1.54, 1.807) is 0 Å². The van der Waals surface area contributed by atoms with Crippen molar-refractivity contribution in [3.63, 3.8) is 0 Å². The molecule has 5 nitrogen and oxygen atoms in total. The van der Waals surface area contributed by atoms with Crippen LogP contribution in [-0.2, 0) is 4.79 Å². The second-order valence-electron chi connectivity index (χ2n) is 2.41. The van der Waals surface area contributed by atoms with Crippen molar-refractivity contribution >= 4 is 11.8 Å². The Bertz CT molecular complexity index is 310. The first kappa shape index (κ1) is 9.31. The molecule has 68 valence electrons. The Hall–Kier alpha value is -1.78. The van der Waals surface area contributed by atoms with Crippen LogP contribution in [0.15, 0.2) is 18.6 Å². The molecular weight excluding hydrogens is 172 g/mol. The lowest BCUT2D eigenvalue weighted by molar-refractivity contribution is -0.136. The Morgan fingerprint density at radius 3 is 2.69 bits per heavy atom. The smallest absolute Gasteiger partial charge is 0.303 e. The summed E-state index contributed by atoms with van der Waals surface area (Å²) < 4.78 is 0. The van der Waals surface area contributed by atoms with Crippen molar-refractivity contribution in [1.29, 1.82) is 0 Å². The molecule has 0 saturated heterocycles. The Morgan fingerprint density at radius 2 is 2.15 bits per heavy atom. The van der Waals surface area contributed by atoms with Crippen molar-refractivity contribution < 1.29 is 14.7 Å². The largest absolute Gasteiger partial charge is 0.481 e. The van der Waals surface area contributed by atoms with Gasteiger partial charge in [-0.05, 0) is 6.07 Å². The summed E-state index contributed by atoms with van der Waals surface area (Å²) >= 11 is 0. The van der Waals surface area contributed by atoms with E-state index in [2.05, 4.69) is 9.97 Å². The SMILES string of the molecule is O=C(O)CCC(=O)c1ccncn1. The van der Waals surface area contributed by atoms with Crippen molar-refractivity contribution in [2.45, 2.75) is 12.8 Å². The number of hydrogen-bond donors (Lipinski definition) is 1. The Kier molecular flexibility index (Phi) is 3.08. The molecule has 0 aliphatic heterocycles. The van der Waals surface area contributed by atoms with Crippen LogP contribution in [-0.4, -0.2) is 26.8 Å². The van der Waals surface area contributed by atoms with Crippen molar-refractivity contribution in [2.75, 3.05) is 0 Å². The highest BCUT2D eigenvalue weighted by molar-refractivity contribution is 5.95. The number of carbonyl (C=O) groups excluding carboxylic acids is 1. The standard InChI is InChI=1S/C8H8N2O3/c11-7(1-2-8(12)13)6-3-4-9-5-10-6/h3-5H,1-2H2,(H,12,13). The third kappa shape index (κ3) is 2.98. The van der Waals surface area contributed by atoms with Crippen LogP contribution in [0.5, 0.6) is 0 Å². The molecule has 0 radical (unpaired) electrons. The number of carboxylic acid groups (broad SMARTS) is 1. The van der Waals surface area contributed by atoms with Crippen LogP contribution in [0.2, 0.25) is 0 Å². The highest BCUT2D eigenvalue weighted by Gasteiger charge is 2.08. The van der Waals surface area contributed by atoms with Gasteiger partial charge in [-0.1, -0.05) is 0 Å². The third-order valence-electron chi connectivity index (χ3n) is 1.43. The van der Waals surface area contributed by atoms with Crippen LogP contribution in [0.3, 0.4) is 0 Å². The molecule has 0 aromatic carbocycles. The fourth-order valence-electron chi connectivity index (χ4n) is 0.804. The molecule has 0 aliphatic carbocycles. The molecule has 0 fully saturated rings. The molecule has 1 aromatic rings. The zero-order chi connectivity index (χ0) is 9.68. The molecule has 5 heteroatoms. The molecule has 0 saturated carbocycles. The summed E-state index contributed by atoms with van der Waals surface area (Å²) in [6, 6.07) is 1.46. The normalized spacial score (nSPS) is 9.54. The quantitative estimate of drug-likeness (QED) is 0.683. The molecular formula is C8H8N2O3. The summed E-state index contributed by atoms with van der Waals surface area (Å²) in [5.41, 5.74) is 0.260. The first-order chi connectivity index (χ1) is 6.20. The number of Topliss-reactive ketones (excluding diaryl/α,β-unsaturated/α-hetero) is 1. The van der Waals surface area contributed by atoms with Gasteiger partial charge in [-0.3, -0.25) is 9.59 Å². The Labute approximate surface area is 74.4 Å². The lowest BCUT2D eigenvalue weighted by atomic mass is 10.1. The van der Waals surface area contributed by atoms with Crippen molar-refractivity contribution in [1.82, 2.24) is 9.97 Å². The van der Waals surface area contributed by atoms with Gasteiger partial charge in [0.05, 0.1) is 6.42 Å². The Balaban J connectivity index is 2.54. The lowest BCUT2D eigenvalue weighted by Crippen LogP contribution is -2.05. The van der Waals surface area contributed by atoms with E-state index in [0.29, 0.717) is 0 Å². The van der Waals surface area contributed by atoms with Gasteiger partial charge >= 0.3 is 5.97 Å². The third-order valence-corrected chi connectivity index (χ3v) is 1.43. The van der Waals surface area contributed by atoms with Gasteiger partial charge in [0.25, 0.3) is 0 Å². The summed E-state index contributed by atoms with van der Waals surface area (Å²) in [6.45, 7) is 0. The zero-order valence-corrected chi connectivity index (χ0v) is 6.80. The predicted molar refractivity (Wildman–Crippen MR) is 43.2 cm³/mol. The number of aromatic nitrogens is 2. The fraction of sp³-hybridized carbons (Fsp3) is 0.250. The summed E-state index contributed by atoms with van der Waals surface area (Å²) in [5, 5.41) is 8.32. The molecule has 0 amide bonds. The van der Waals surface area contributed by atoms with E-state index >= 15 is 0 Å². The molecule has 1 N–H and O–H groups in total.